The fraction of sp³-hybridized carbons (Fsp3) is 1.00. The maximum atomic E-state index is 10.9. The highest BCUT2D eigenvalue weighted by atomic mass is 16.3. The highest BCUT2D eigenvalue weighted by Crippen LogP contribution is 2.22. The van der Waals surface area contributed by atoms with E-state index >= 15 is 0 Å². The van der Waals surface area contributed by atoms with Crippen molar-refractivity contribution < 1.29 is 30.6 Å². The Hall–Kier alpha value is -0.360. The van der Waals surface area contributed by atoms with Crippen molar-refractivity contribution in [3.63, 3.8) is 0 Å². The van der Waals surface area contributed by atoms with Gasteiger partial charge in [-0.25, -0.2) is 0 Å². The molecule has 6 N–H and O–H groups in total. The normalized spacial score (nSPS) is 26.2. The molecule has 0 aromatic heterocycles. The van der Waals surface area contributed by atoms with Gasteiger partial charge in [0, 0.05) is 58.9 Å². The van der Waals surface area contributed by atoms with Crippen LogP contribution in [-0.4, -0.2) is 139 Å². The zero-order valence-electron chi connectivity index (χ0n) is 21.7. The first-order valence-electron chi connectivity index (χ1n) is 12.6. The third kappa shape index (κ3) is 8.66. The minimum Gasteiger partial charge on any atom is -0.390 e. The van der Waals surface area contributed by atoms with E-state index in [1.165, 1.54) is 0 Å². The largest absolute Gasteiger partial charge is 0.390 e. The number of nitrogens with zero attached hydrogens (tertiary/aromatic N) is 3. The van der Waals surface area contributed by atoms with Gasteiger partial charge in [0.15, 0.2) is 0 Å². The third-order valence-electron chi connectivity index (χ3n) is 7.86. The van der Waals surface area contributed by atoms with Crippen LogP contribution in [0, 0.1) is 0 Å². The Bertz CT molecular complexity index is 478. The van der Waals surface area contributed by atoms with E-state index in [-0.39, 0.29) is 0 Å². The van der Waals surface area contributed by atoms with Crippen LogP contribution in [0.2, 0.25) is 0 Å². The van der Waals surface area contributed by atoms with Crippen molar-refractivity contribution in [1.29, 1.82) is 0 Å². The Morgan fingerprint density at radius 3 is 0.818 bits per heavy atom. The second-order valence-corrected chi connectivity index (χ2v) is 10.2. The topological polar surface area (TPSA) is 131 Å². The molecule has 1 aliphatic heterocycles. The molecule has 6 unspecified atom stereocenters. The summed E-state index contributed by atoms with van der Waals surface area (Å²) in [5.74, 6) is 0. The molecular weight excluding hydrogens is 426 g/mol. The molecule has 0 aromatic carbocycles. The van der Waals surface area contributed by atoms with Crippen LogP contribution in [0.15, 0.2) is 0 Å². The van der Waals surface area contributed by atoms with Gasteiger partial charge in [0.25, 0.3) is 0 Å². The number of aliphatic hydroxyl groups is 6. The van der Waals surface area contributed by atoms with Gasteiger partial charge in [-0.15, -0.1) is 0 Å². The molecule has 1 fully saturated rings. The van der Waals surface area contributed by atoms with Gasteiger partial charge >= 0.3 is 0 Å². The van der Waals surface area contributed by atoms with E-state index in [0.29, 0.717) is 78.2 Å². The van der Waals surface area contributed by atoms with Crippen LogP contribution >= 0.6 is 0 Å². The van der Waals surface area contributed by atoms with Gasteiger partial charge in [-0.05, 0) is 40.0 Å². The summed E-state index contributed by atoms with van der Waals surface area (Å²) in [6.45, 7) is 15.1. The molecule has 0 saturated carbocycles. The fourth-order valence-electron chi connectivity index (χ4n) is 4.44. The lowest BCUT2D eigenvalue weighted by Gasteiger charge is -2.38. The standard InChI is InChI=1S/C24H51N3O6/c1-7-22(31,19(4)28)16-25-10-12-26(17-23(32,8-2)20(5)29)14-15-27(13-11-25)18-24(33,9-3)21(6)30/h19-21,28-33H,7-18H2,1-6H3. The zero-order valence-corrected chi connectivity index (χ0v) is 21.7. The Morgan fingerprint density at radius 2 is 0.697 bits per heavy atom. The molecule has 0 aromatic rings. The second-order valence-electron chi connectivity index (χ2n) is 10.2. The number of aliphatic hydroxyl groups excluding tert-OH is 3. The molecule has 0 amide bonds. The van der Waals surface area contributed by atoms with Gasteiger partial charge in [-0.3, -0.25) is 14.7 Å². The van der Waals surface area contributed by atoms with Crippen molar-refractivity contribution in [3.05, 3.63) is 0 Å². The van der Waals surface area contributed by atoms with Gasteiger partial charge in [0.1, 0.15) is 16.8 Å². The molecule has 6 atom stereocenters. The maximum absolute atomic E-state index is 10.9. The summed E-state index contributed by atoms with van der Waals surface area (Å²) in [5, 5.41) is 63.3. The van der Waals surface area contributed by atoms with Crippen LogP contribution < -0.4 is 0 Å². The highest BCUT2D eigenvalue weighted by Gasteiger charge is 2.37. The molecule has 1 heterocycles. The summed E-state index contributed by atoms with van der Waals surface area (Å²) < 4.78 is 0. The van der Waals surface area contributed by atoms with Crippen molar-refractivity contribution in [2.24, 2.45) is 0 Å². The highest BCUT2D eigenvalue weighted by molar-refractivity contribution is 4.91. The summed E-state index contributed by atoms with van der Waals surface area (Å²) in [6.07, 6.45) is -1.35. The Labute approximate surface area is 200 Å². The molecule has 1 aliphatic rings. The lowest BCUT2D eigenvalue weighted by Crippen LogP contribution is -2.53. The van der Waals surface area contributed by atoms with E-state index in [1.807, 2.05) is 20.8 Å². The van der Waals surface area contributed by atoms with Crippen molar-refractivity contribution in [2.45, 2.75) is 95.9 Å². The summed E-state index contributed by atoms with van der Waals surface area (Å²) in [5.41, 5.74) is -3.67. The third-order valence-corrected chi connectivity index (χ3v) is 7.86. The van der Waals surface area contributed by atoms with Crippen LogP contribution in [-0.2, 0) is 0 Å². The first-order valence-corrected chi connectivity index (χ1v) is 12.6. The monoisotopic (exact) mass is 477 g/mol. The van der Waals surface area contributed by atoms with E-state index in [4.69, 9.17) is 0 Å². The van der Waals surface area contributed by atoms with E-state index < -0.39 is 35.1 Å². The smallest absolute Gasteiger partial charge is 0.103 e. The van der Waals surface area contributed by atoms with E-state index in [2.05, 4.69) is 14.7 Å². The molecule has 0 radical (unpaired) electrons. The van der Waals surface area contributed by atoms with Crippen molar-refractivity contribution in [2.75, 3.05) is 58.9 Å². The van der Waals surface area contributed by atoms with Gasteiger partial charge in [0.05, 0.1) is 18.3 Å². The number of hydrogen-bond acceptors (Lipinski definition) is 9. The maximum Gasteiger partial charge on any atom is 0.103 e. The predicted molar refractivity (Wildman–Crippen MR) is 130 cm³/mol. The Kier molecular flexibility index (Phi) is 12.2. The van der Waals surface area contributed by atoms with Gasteiger partial charge in [-0.1, -0.05) is 20.8 Å². The average molecular weight is 478 g/mol. The molecule has 9 heteroatoms. The molecule has 198 valence electrons. The lowest BCUT2D eigenvalue weighted by molar-refractivity contribution is -0.0933. The summed E-state index contributed by atoms with van der Waals surface area (Å²) in [4.78, 5) is 6.34. The Balaban J connectivity index is 3.11. The fourth-order valence-corrected chi connectivity index (χ4v) is 4.44. The van der Waals surface area contributed by atoms with Crippen LogP contribution in [0.1, 0.15) is 60.8 Å². The molecule has 0 aliphatic carbocycles. The van der Waals surface area contributed by atoms with Crippen molar-refractivity contribution in [1.82, 2.24) is 14.7 Å². The van der Waals surface area contributed by atoms with Crippen molar-refractivity contribution >= 4 is 0 Å². The number of hydrogen-bond donors (Lipinski definition) is 6. The quantitative estimate of drug-likeness (QED) is 0.220. The molecule has 9 nitrogen and oxygen atoms in total. The summed E-state index contributed by atoms with van der Waals surface area (Å²) >= 11 is 0. The van der Waals surface area contributed by atoms with Crippen LogP contribution in [0.3, 0.4) is 0 Å². The minimum atomic E-state index is -1.22. The van der Waals surface area contributed by atoms with Crippen LogP contribution in [0.4, 0.5) is 0 Å². The van der Waals surface area contributed by atoms with Crippen LogP contribution in [0.5, 0.6) is 0 Å². The first kappa shape index (κ1) is 30.7. The van der Waals surface area contributed by atoms with Crippen molar-refractivity contribution in [3.8, 4) is 0 Å². The molecular formula is C24H51N3O6. The number of rotatable bonds is 12. The van der Waals surface area contributed by atoms with E-state index in [1.54, 1.807) is 20.8 Å². The average Bonchev–Trinajstić information content (AvgIpc) is 2.85. The molecule has 1 rings (SSSR count). The zero-order chi connectivity index (χ0) is 25.4. The molecule has 0 bridgehead atoms. The number of β-amino-alcohol motifs (C(OH)–C–C–N with tert-alkyl or cyclic N) is 3. The second kappa shape index (κ2) is 13.1. The Morgan fingerprint density at radius 1 is 0.515 bits per heavy atom. The van der Waals surface area contributed by atoms with Crippen LogP contribution in [0.25, 0.3) is 0 Å². The molecule has 1 saturated heterocycles. The predicted octanol–water partition coefficient (Wildman–Crippen LogP) is -0.528. The van der Waals surface area contributed by atoms with Gasteiger partial charge in [0.2, 0.25) is 0 Å². The first-order chi connectivity index (χ1) is 15.2. The van der Waals surface area contributed by atoms with Gasteiger partial charge in [-0.2, -0.15) is 0 Å². The molecule has 0 spiro atoms. The van der Waals surface area contributed by atoms with E-state index in [0.717, 1.165) is 0 Å². The summed E-state index contributed by atoms with van der Waals surface area (Å²) in [7, 11) is 0. The van der Waals surface area contributed by atoms with Gasteiger partial charge < -0.3 is 30.6 Å². The lowest BCUT2D eigenvalue weighted by atomic mass is 9.93. The molecule has 33 heavy (non-hydrogen) atoms. The minimum absolute atomic E-state index is 0.311. The van der Waals surface area contributed by atoms with E-state index in [9.17, 15) is 30.6 Å². The summed E-state index contributed by atoms with van der Waals surface area (Å²) in [6, 6.07) is 0. The SMILES string of the molecule is CCC(O)(CN1CCN(CC(O)(CC)C(C)O)CCN(CC(O)(CC)C(C)O)CC1)C(C)O.